The van der Waals surface area contributed by atoms with Crippen molar-refractivity contribution in [3.8, 4) is 11.1 Å². The molecule has 0 saturated carbocycles. The first-order valence-electron chi connectivity index (χ1n) is 11.9. The number of carbonyl (C=O) groups excluding carboxylic acids is 1. The van der Waals surface area contributed by atoms with Gasteiger partial charge in [-0.05, 0) is 42.9 Å². The number of likely N-dealkylation sites (N-methyl/N-ethyl adjacent to an activating group) is 1. The smallest absolute Gasteiger partial charge is 0.257 e. The Morgan fingerprint density at radius 1 is 0.949 bits per heavy atom. The summed E-state index contributed by atoms with van der Waals surface area (Å²) >= 11 is 0. The zero-order valence-electron chi connectivity index (χ0n) is 21.3. The van der Waals surface area contributed by atoms with E-state index in [2.05, 4.69) is 20.2 Å². The number of hydrogen-bond donors (Lipinski definition) is 2. The van der Waals surface area contributed by atoms with Crippen molar-refractivity contribution in [2.75, 3.05) is 44.8 Å². The molecule has 13 heteroatoms. The number of halogens is 1. The Hall–Kier alpha value is -3.29. The van der Waals surface area contributed by atoms with Gasteiger partial charge in [0.25, 0.3) is 5.91 Å². The van der Waals surface area contributed by atoms with Crippen molar-refractivity contribution < 1.29 is 21.6 Å². The van der Waals surface area contributed by atoms with Crippen molar-refractivity contribution in [3.05, 3.63) is 72.6 Å². The van der Waals surface area contributed by atoms with Gasteiger partial charge in [0.15, 0.2) is 9.84 Å². The summed E-state index contributed by atoms with van der Waals surface area (Å²) in [6.07, 6.45) is 4.25. The number of rotatable bonds is 6. The van der Waals surface area contributed by atoms with Crippen molar-refractivity contribution in [1.29, 1.82) is 0 Å². The third kappa shape index (κ3) is 5.85. The molecule has 1 aliphatic heterocycles. The number of anilines is 1. The second kappa shape index (κ2) is 11.1. The lowest BCUT2D eigenvalue weighted by atomic mass is 10.1. The maximum absolute atomic E-state index is 13.1. The van der Waals surface area contributed by atoms with Crippen molar-refractivity contribution in [1.82, 2.24) is 19.2 Å². The van der Waals surface area contributed by atoms with Crippen LogP contribution in [-0.2, 0) is 19.9 Å². The van der Waals surface area contributed by atoms with Gasteiger partial charge in [0.05, 0.1) is 21.0 Å². The van der Waals surface area contributed by atoms with Crippen LogP contribution in [0.5, 0.6) is 0 Å². The number of para-hydroxylation sites is 1. The van der Waals surface area contributed by atoms with Crippen LogP contribution < -0.4 is 5.32 Å². The van der Waals surface area contributed by atoms with E-state index in [4.69, 9.17) is 0 Å². The van der Waals surface area contributed by atoms with Gasteiger partial charge in [0, 0.05) is 55.8 Å². The van der Waals surface area contributed by atoms with Crippen LogP contribution in [0.25, 0.3) is 22.2 Å². The minimum absolute atomic E-state index is 0. The van der Waals surface area contributed by atoms with Gasteiger partial charge < -0.3 is 15.2 Å². The van der Waals surface area contributed by atoms with E-state index in [1.807, 2.05) is 7.05 Å². The van der Waals surface area contributed by atoms with E-state index < -0.39 is 25.8 Å². The normalized spacial score (nSPS) is 15.1. The number of sulfone groups is 1. The van der Waals surface area contributed by atoms with Crippen molar-refractivity contribution in [2.24, 2.45) is 0 Å². The average Bonchev–Trinajstić information content (AvgIpc) is 3.32. The lowest BCUT2D eigenvalue weighted by Gasteiger charge is -2.31. The number of H-pyrrole nitrogens is 1. The molecule has 1 saturated heterocycles. The molecule has 39 heavy (non-hydrogen) atoms. The molecule has 1 amide bonds. The van der Waals surface area contributed by atoms with E-state index in [0.717, 1.165) is 11.8 Å². The Bertz CT molecular complexity index is 1730. The topological polar surface area (TPSA) is 133 Å². The second-order valence-corrected chi connectivity index (χ2v) is 13.2. The van der Waals surface area contributed by atoms with Gasteiger partial charge in [0.1, 0.15) is 5.65 Å². The highest BCUT2D eigenvalue weighted by atomic mass is 35.5. The number of carbonyl (C=O) groups is 1. The van der Waals surface area contributed by atoms with Crippen LogP contribution in [0.2, 0.25) is 0 Å². The molecule has 2 aromatic heterocycles. The Morgan fingerprint density at radius 2 is 1.62 bits per heavy atom. The van der Waals surface area contributed by atoms with Crippen molar-refractivity contribution >= 4 is 54.9 Å². The van der Waals surface area contributed by atoms with Gasteiger partial charge in [-0.15, -0.1) is 12.4 Å². The highest BCUT2D eigenvalue weighted by Crippen LogP contribution is 2.28. The number of fused-ring (bicyclic) bond motifs is 1. The molecule has 0 spiro atoms. The van der Waals surface area contributed by atoms with Gasteiger partial charge in [0.2, 0.25) is 10.0 Å². The molecule has 4 aromatic rings. The molecule has 5 rings (SSSR count). The first kappa shape index (κ1) is 28.7. The molecule has 10 nitrogen and oxygen atoms in total. The maximum atomic E-state index is 13.1. The number of piperazine rings is 1. The van der Waals surface area contributed by atoms with Crippen LogP contribution in [-0.4, -0.2) is 81.4 Å². The van der Waals surface area contributed by atoms with Gasteiger partial charge in [-0.3, -0.25) is 4.79 Å². The second-order valence-electron chi connectivity index (χ2n) is 9.28. The molecule has 0 radical (unpaired) electrons. The summed E-state index contributed by atoms with van der Waals surface area (Å²) in [6.45, 7) is 2.28. The highest BCUT2D eigenvalue weighted by molar-refractivity contribution is 7.91. The van der Waals surface area contributed by atoms with Gasteiger partial charge in [-0.1, -0.05) is 24.3 Å². The number of nitrogens with one attached hydrogen (secondary N) is 2. The van der Waals surface area contributed by atoms with Crippen LogP contribution in [0.4, 0.5) is 5.69 Å². The lowest BCUT2D eigenvalue weighted by Crippen LogP contribution is -2.46. The monoisotopic (exact) mass is 589 g/mol. The highest BCUT2D eigenvalue weighted by Gasteiger charge is 2.27. The Morgan fingerprint density at radius 3 is 2.28 bits per heavy atom. The zero-order chi connectivity index (χ0) is 27.1. The molecule has 1 fully saturated rings. The van der Waals surface area contributed by atoms with Crippen LogP contribution in [0.15, 0.2) is 76.8 Å². The SMILES string of the molecule is CN1CCN(S(=O)(=O)c2ccc(-c3cnc4[nH]cc(C(=O)Nc5ccccc5S(C)(=O)=O)c4c3)cc2)CC1.Cl. The molecule has 2 N–H and O–H groups in total. The van der Waals surface area contributed by atoms with E-state index in [-0.39, 0.29) is 27.9 Å². The maximum Gasteiger partial charge on any atom is 0.257 e. The molecule has 0 atom stereocenters. The minimum Gasteiger partial charge on any atom is -0.345 e. The third-order valence-electron chi connectivity index (χ3n) is 6.60. The number of benzene rings is 2. The molecular weight excluding hydrogens is 562 g/mol. The molecule has 1 aliphatic rings. The number of sulfonamides is 1. The van der Waals surface area contributed by atoms with Crippen LogP contribution >= 0.6 is 12.4 Å². The van der Waals surface area contributed by atoms with Gasteiger partial charge in [-0.2, -0.15) is 4.31 Å². The predicted octanol–water partition coefficient (Wildman–Crippen LogP) is 3.24. The number of nitrogens with zero attached hydrogens (tertiary/aromatic N) is 3. The summed E-state index contributed by atoms with van der Waals surface area (Å²) in [5.41, 5.74) is 2.42. The number of aromatic amines is 1. The molecule has 0 aliphatic carbocycles. The van der Waals surface area contributed by atoms with E-state index in [1.165, 1.54) is 22.6 Å². The van der Waals surface area contributed by atoms with Crippen LogP contribution in [0.1, 0.15) is 10.4 Å². The van der Waals surface area contributed by atoms with Crippen molar-refractivity contribution in [2.45, 2.75) is 9.79 Å². The van der Waals surface area contributed by atoms with Crippen LogP contribution in [0.3, 0.4) is 0 Å². The van der Waals surface area contributed by atoms with Gasteiger partial charge in [-0.25, -0.2) is 21.8 Å². The first-order chi connectivity index (χ1) is 18.0. The molecule has 206 valence electrons. The fraction of sp³-hybridized carbons (Fsp3) is 0.231. The molecule has 0 bridgehead atoms. The summed E-state index contributed by atoms with van der Waals surface area (Å²) in [5, 5.41) is 3.24. The minimum atomic E-state index is -3.58. The molecule has 2 aromatic carbocycles. The number of pyridine rings is 1. The van der Waals surface area contributed by atoms with E-state index in [1.54, 1.807) is 48.7 Å². The third-order valence-corrected chi connectivity index (χ3v) is 9.67. The van der Waals surface area contributed by atoms with Crippen LogP contribution in [0, 0.1) is 0 Å². The Kier molecular flexibility index (Phi) is 8.14. The zero-order valence-corrected chi connectivity index (χ0v) is 23.7. The average molecular weight is 590 g/mol. The molecule has 0 unspecified atom stereocenters. The molecular formula is C26H28ClN5O5S2. The fourth-order valence-corrected chi connectivity index (χ4v) is 6.70. The summed E-state index contributed by atoms with van der Waals surface area (Å²) in [5.74, 6) is -0.486. The summed E-state index contributed by atoms with van der Waals surface area (Å²) in [7, 11) is -5.15. The first-order valence-corrected chi connectivity index (χ1v) is 15.2. The predicted molar refractivity (Wildman–Crippen MR) is 153 cm³/mol. The quantitative estimate of drug-likeness (QED) is 0.353. The fourth-order valence-electron chi connectivity index (χ4n) is 4.43. The summed E-state index contributed by atoms with van der Waals surface area (Å²) in [4.78, 5) is 22.8. The standard InChI is InChI=1S/C26H27N5O5S2.ClH/c1-30-11-13-31(14-12-30)38(35,36)20-9-7-18(8-10-20)19-15-21-22(17-28-25(21)27-16-19)26(32)29-23-5-3-4-6-24(23)37(2,33)34;/h3-10,15-17H,11-14H2,1-2H3,(H,27,28)(H,29,32);1H. The number of hydrogen-bond acceptors (Lipinski definition) is 7. The molecule has 3 heterocycles. The van der Waals surface area contributed by atoms with E-state index >= 15 is 0 Å². The summed E-state index contributed by atoms with van der Waals surface area (Å²) < 4.78 is 51.8. The summed E-state index contributed by atoms with van der Waals surface area (Å²) in [6, 6.07) is 14.6. The Balaban J connectivity index is 0.00000353. The van der Waals surface area contributed by atoms with E-state index in [0.29, 0.717) is 48.3 Å². The van der Waals surface area contributed by atoms with E-state index in [9.17, 15) is 21.6 Å². The largest absolute Gasteiger partial charge is 0.345 e. The number of amides is 1. The number of aromatic nitrogens is 2. The van der Waals surface area contributed by atoms with Crippen molar-refractivity contribution in [3.63, 3.8) is 0 Å². The Labute approximate surface area is 233 Å². The van der Waals surface area contributed by atoms with Gasteiger partial charge >= 0.3 is 0 Å². The lowest BCUT2D eigenvalue weighted by molar-refractivity contribution is 0.102.